The van der Waals surface area contributed by atoms with Crippen molar-refractivity contribution in [2.24, 2.45) is 5.84 Å². The van der Waals surface area contributed by atoms with Crippen LogP contribution >= 0.6 is 0 Å². The van der Waals surface area contributed by atoms with Gasteiger partial charge in [-0.05, 0) is 0 Å². The van der Waals surface area contributed by atoms with Crippen LogP contribution in [0.5, 0.6) is 0 Å². The van der Waals surface area contributed by atoms with E-state index >= 15 is 0 Å². The average molecular weight is 175 g/mol. The Bertz CT molecular complexity index is 439. The van der Waals surface area contributed by atoms with Gasteiger partial charge >= 0.3 is 0 Å². The number of rotatable bonds is 1. The lowest BCUT2D eigenvalue weighted by molar-refractivity contribution is 1.05. The first-order valence-electron chi connectivity index (χ1n) is 3.80. The summed E-state index contributed by atoms with van der Waals surface area (Å²) in [7, 11) is 0. The van der Waals surface area contributed by atoms with Gasteiger partial charge in [-0.1, -0.05) is 24.3 Å². The molecule has 13 heavy (non-hydrogen) atoms. The fourth-order valence-corrected chi connectivity index (χ4v) is 1.23. The number of hydrazine groups is 1. The predicted octanol–water partition coefficient (Wildman–Crippen LogP) is 0.498. The van der Waals surface area contributed by atoms with Gasteiger partial charge in [0.25, 0.3) is 0 Å². The van der Waals surface area contributed by atoms with Gasteiger partial charge in [-0.3, -0.25) is 0 Å². The fraction of sp³-hybridized carbons (Fsp3) is 0. The van der Waals surface area contributed by atoms with Gasteiger partial charge in [-0.25, -0.2) is 5.84 Å². The molecule has 5 N–H and O–H groups in total. The monoisotopic (exact) mass is 175 g/mol. The number of anilines is 2. The highest BCUT2D eigenvalue weighted by Crippen LogP contribution is 2.22. The maximum absolute atomic E-state index is 5.64. The van der Waals surface area contributed by atoms with E-state index in [1.807, 2.05) is 24.3 Å². The van der Waals surface area contributed by atoms with E-state index in [9.17, 15) is 0 Å². The Kier molecular flexibility index (Phi) is 1.71. The van der Waals surface area contributed by atoms with Crippen LogP contribution in [0.2, 0.25) is 0 Å². The first-order chi connectivity index (χ1) is 6.33. The zero-order valence-electron chi connectivity index (χ0n) is 6.86. The number of nitrogen functional groups attached to an aromatic ring is 2. The van der Waals surface area contributed by atoms with E-state index < -0.39 is 0 Å². The van der Waals surface area contributed by atoms with Crippen molar-refractivity contribution in [1.82, 2.24) is 10.2 Å². The van der Waals surface area contributed by atoms with Crippen molar-refractivity contribution < 1.29 is 0 Å². The zero-order valence-corrected chi connectivity index (χ0v) is 6.86. The molecule has 5 heteroatoms. The lowest BCUT2D eigenvalue weighted by Crippen LogP contribution is -2.10. The Morgan fingerprint density at radius 2 is 1.77 bits per heavy atom. The third-order valence-corrected chi connectivity index (χ3v) is 1.85. The summed E-state index contributed by atoms with van der Waals surface area (Å²) in [6.07, 6.45) is 0. The van der Waals surface area contributed by atoms with Crippen LogP contribution in [0.15, 0.2) is 24.3 Å². The highest BCUT2D eigenvalue weighted by atomic mass is 15.3. The number of benzene rings is 1. The summed E-state index contributed by atoms with van der Waals surface area (Å²) < 4.78 is 0. The van der Waals surface area contributed by atoms with Gasteiger partial charge in [0.15, 0.2) is 11.6 Å². The topological polar surface area (TPSA) is 89.8 Å². The summed E-state index contributed by atoms with van der Waals surface area (Å²) >= 11 is 0. The third kappa shape index (κ3) is 1.15. The first-order valence-corrected chi connectivity index (χ1v) is 3.80. The molecule has 0 saturated heterocycles. The molecule has 0 saturated carbocycles. The summed E-state index contributed by atoms with van der Waals surface area (Å²) in [6, 6.07) is 7.54. The van der Waals surface area contributed by atoms with Gasteiger partial charge in [-0.2, -0.15) is 0 Å². The quantitative estimate of drug-likeness (QED) is 0.433. The molecule has 0 atom stereocenters. The minimum absolute atomic E-state index is 0.412. The number of hydrogen-bond donors (Lipinski definition) is 3. The molecule has 0 aliphatic heterocycles. The molecule has 0 unspecified atom stereocenters. The normalized spacial score (nSPS) is 10.2. The molecule has 0 amide bonds. The zero-order chi connectivity index (χ0) is 9.26. The van der Waals surface area contributed by atoms with E-state index in [0.717, 1.165) is 10.8 Å². The second kappa shape index (κ2) is 2.87. The SMILES string of the molecule is NNc1nnc(N)c2ccccc12. The van der Waals surface area contributed by atoms with Crippen LogP contribution < -0.4 is 17.0 Å². The fourth-order valence-electron chi connectivity index (χ4n) is 1.23. The minimum Gasteiger partial charge on any atom is -0.382 e. The first kappa shape index (κ1) is 7.75. The van der Waals surface area contributed by atoms with Crippen LogP contribution in [0.25, 0.3) is 10.8 Å². The van der Waals surface area contributed by atoms with E-state index in [0.29, 0.717) is 11.6 Å². The molecule has 66 valence electrons. The van der Waals surface area contributed by atoms with Gasteiger partial charge in [0.05, 0.1) is 0 Å². The molecular weight excluding hydrogens is 166 g/mol. The highest BCUT2D eigenvalue weighted by molar-refractivity contribution is 5.97. The molecular formula is C8H9N5. The standard InChI is InChI=1S/C8H9N5/c9-7-5-3-1-2-4-6(5)8(11-10)13-12-7/h1-4H,10H2,(H2,9,12)(H,11,13). The van der Waals surface area contributed by atoms with Crippen LogP contribution in [-0.2, 0) is 0 Å². The number of fused-ring (bicyclic) bond motifs is 1. The minimum atomic E-state index is 0.412. The molecule has 0 fully saturated rings. The van der Waals surface area contributed by atoms with Crippen molar-refractivity contribution in [3.8, 4) is 0 Å². The Hall–Kier alpha value is -1.88. The van der Waals surface area contributed by atoms with Crippen LogP contribution in [0.1, 0.15) is 0 Å². The van der Waals surface area contributed by atoms with Crippen molar-refractivity contribution in [1.29, 1.82) is 0 Å². The van der Waals surface area contributed by atoms with E-state index in [4.69, 9.17) is 11.6 Å². The molecule has 1 aromatic carbocycles. The molecule has 2 rings (SSSR count). The predicted molar refractivity (Wildman–Crippen MR) is 51.8 cm³/mol. The molecule has 1 heterocycles. The molecule has 2 aromatic rings. The smallest absolute Gasteiger partial charge is 0.170 e. The molecule has 0 spiro atoms. The van der Waals surface area contributed by atoms with E-state index in [-0.39, 0.29) is 0 Å². The Balaban J connectivity index is 2.84. The van der Waals surface area contributed by atoms with Crippen molar-refractivity contribution in [2.75, 3.05) is 11.2 Å². The largest absolute Gasteiger partial charge is 0.382 e. The van der Waals surface area contributed by atoms with Crippen LogP contribution in [-0.4, -0.2) is 10.2 Å². The van der Waals surface area contributed by atoms with Crippen molar-refractivity contribution in [3.63, 3.8) is 0 Å². The number of hydrogen-bond acceptors (Lipinski definition) is 5. The Morgan fingerprint density at radius 3 is 2.46 bits per heavy atom. The average Bonchev–Trinajstić information content (AvgIpc) is 2.19. The number of nitrogens with zero attached hydrogens (tertiary/aromatic N) is 2. The Morgan fingerprint density at radius 1 is 1.08 bits per heavy atom. The van der Waals surface area contributed by atoms with Crippen LogP contribution in [0.4, 0.5) is 11.6 Å². The van der Waals surface area contributed by atoms with E-state index in [2.05, 4.69) is 15.6 Å². The Labute approximate surface area is 74.7 Å². The van der Waals surface area contributed by atoms with Gasteiger partial charge in [0.1, 0.15) is 0 Å². The molecule has 0 aliphatic rings. The number of nitrogens with two attached hydrogens (primary N) is 2. The summed E-state index contributed by atoms with van der Waals surface area (Å²) in [5, 5.41) is 9.30. The van der Waals surface area contributed by atoms with E-state index in [1.165, 1.54) is 0 Å². The summed E-state index contributed by atoms with van der Waals surface area (Å²) in [6.45, 7) is 0. The van der Waals surface area contributed by atoms with Crippen LogP contribution in [0, 0.1) is 0 Å². The summed E-state index contributed by atoms with van der Waals surface area (Å²) in [4.78, 5) is 0. The van der Waals surface area contributed by atoms with Crippen molar-refractivity contribution in [3.05, 3.63) is 24.3 Å². The lowest BCUT2D eigenvalue weighted by atomic mass is 10.2. The van der Waals surface area contributed by atoms with Gasteiger partial charge in [-0.15, -0.1) is 10.2 Å². The van der Waals surface area contributed by atoms with Crippen LogP contribution in [0.3, 0.4) is 0 Å². The van der Waals surface area contributed by atoms with Gasteiger partial charge in [0.2, 0.25) is 0 Å². The van der Waals surface area contributed by atoms with Gasteiger partial charge in [0, 0.05) is 10.8 Å². The molecule has 1 aromatic heterocycles. The molecule has 0 aliphatic carbocycles. The molecule has 0 bridgehead atoms. The molecule has 0 radical (unpaired) electrons. The summed E-state index contributed by atoms with van der Waals surface area (Å²) in [5.74, 6) is 6.22. The number of aromatic nitrogens is 2. The highest BCUT2D eigenvalue weighted by Gasteiger charge is 2.03. The third-order valence-electron chi connectivity index (χ3n) is 1.85. The molecule has 5 nitrogen and oxygen atoms in total. The second-order valence-electron chi connectivity index (χ2n) is 2.62. The van der Waals surface area contributed by atoms with Gasteiger partial charge < -0.3 is 11.2 Å². The summed E-state index contributed by atoms with van der Waals surface area (Å²) in [5.41, 5.74) is 8.11. The van der Waals surface area contributed by atoms with Crippen molar-refractivity contribution in [2.45, 2.75) is 0 Å². The lowest BCUT2D eigenvalue weighted by Gasteiger charge is -2.04. The number of nitrogens with one attached hydrogen (secondary N) is 1. The van der Waals surface area contributed by atoms with E-state index in [1.54, 1.807) is 0 Å². The maximum Gasteiger partial charge on any atom is 0.170 e. The second-order valence-corrected chi connectivity index (χ2v) is 2.62. The van der Waals surface area contributed by atoms with Crippen molar-refractivity contribution >= 4 is 22.4 Å². The maximum atomic E-state index is 5.64.